The molecule has 2 atom stereocenters. The second-order valence-corrected chi connectivity index (χ2v) is 7.47. The highest BCUT2D eigenvalue weighted by atomic mass is 35.5. The van der Waals surface area contributed by atoms with Crippen LogP contribution in [0.2, 0.25) is 5.02 Å². The van der Waals surface area contributed by atoms with Gasteiger partial charge in [-0.3, -0.25) is 10.8 Å². The summed E-state index contributed by atoms with van der Waals surface area (Å²) in [5.74, 6) is -1.68. The summed E-state index contributed by atoms with van der Waals surface area (Å²) >= 11 is 5.80. The number of ether oxygens (including phenoxy) is 2. The lowest BCUT2D eigenvalue weighted by atomic mass is 9.84. The van der Waals surface area contributed by atoms with Crippen LogP contribution in [0.4, 0.5) is 17.6 Å². The van der Waals surface area contributed by atoms with Crippen molar-refractivity contribution in [1.82, 2.24) is 0 Å². The lowest BCUT2D eigenvalue weighted by Gasteiger charge is -2.36. The number of alkyl halides is 3. The molecule has 4 N–H and O–H groups in total. The zero-order chi connectivity index (χ0) is 23.0. The summed E-state index contributed by atoms with van der Waals surface area (Å²) in [5, 5.41) is 16.5. The van der Waals surface area contributed by atoms with E-state index in [1.54, 1.807) is 12.1 Å². The highest BCUT2D eigenvalue weighted by Gasteiger charge is 2.50. The van der Waals surface area contributed by atoms with E-state index in [0.717, 1.165) is 12.1 Å². The van der Waals surface area contributed by atoms with Crippen molar-refractivity contribution in [3.05, 3.63) is 70.0 Å². The minimum Gasteiger partial charge on any atom is -0.452 e. The van der Waals surface area contributed by atoms with Crippen molar-refractivity contribution >= 4 is 29.4 Å². The van der Waals surface area contributed by atoms with Crippen molar-refractivity contribution in [3.8, 4) is 0 Å². The maximum absolute atomic E-state index is 14.6. The van der Waals surface area contributed by atoms with Gasteiger partial charge in [-0.25, -0.2) is 9.38 Å². The zero-order valence-electron chi connectivity index (χ0n) is 16.1. The molecule has 1 aliphatic rings. The molecule has 1 heterocycles. The van der Waals surface area contributed by atoms with Gasteiger partial charge in [-0.2, -0.15) is 13.2 Å². The Bertz CT molecular complexity index is 1060. The van der Waals surface area contributed by atoms with Gasteiger partial charge in [0.05, 0.1) is 5.54 Å². The predicted molar refractivity (Wildman–Crippen MR) is 107 cm³/mol. The van der Waals surface area contributed by atoms with Gasteiger partial charge in [0.15, 0.2) is 6.10 Å². The molecule has 3 rings (SSSR count). The van der Waals surface area contributed by atoms with Crippen LogP contribution >= 0.6 is 11.6 Å². The Morgan fingerprint density at radius 1 is 1.16 bits per heavy atom. The molecule has 0 radical (unpaired) electrons. The molecule has 0 saturated carbocycles. The van der Waals surface area contributed by atoms with Crippen LogP contribution < -0.4 is 5.73 Å². The number of rotatable bonds is 3. The van der Waals surface area contributed by atoms with Gasteiger partial charge < -0.3 is 15.2 Å². The summed E-state index contributed by atoms with van der Waals surface area (Å²) in [6.07, 6.45) is -7.68. The molecule has 0 saturated heterocycles. The van der Waals surface area contributed by atoms with E-state index in [0.29, 0.717) is 10.6 Å². The summed E-state index contributed by atoms with van der Waals surface area (Å²) in [6, 6.07) is 8.77. The summed E-state index contributed by atoms with van der Waals surface area (Å²) in [4.78, 5) is 3.89. The Morgan fingerprint density at radius 3 is 2.35 bits per heavy atom. The smallest absolute Gasteiger partial charge is 0.425 e. The maximum Gasteiger partial charge on any atom is 0.425 e. The first kappa shape index (κ1) is 22.5. The molecule has 0 fully saturated rings. The van der Waals surface area contributed by atoms with Crippen LogP contribution in [-0.2, 0) is 15.0 Å². The standard InChI is InChI=1S/C20H17ClF4N4O2/c1-19(9-15(20(23,24)25)30-18(28)29-19)13-8-11(4-7-14(13)22)17(27)31-16(26)10-2-5-12(21)6-3-10/h2-8,15,26-27H,9H2,1H3,(H2,28,29)/t15-,19-/m0/s1. The number of nitrogens with one attached hydrogen (secondary N) is 2. The van der Waals surface area contributed by atoms with Gasteiger partial charge in [0.25, 0.3) is 6.02 Å². The number of halogens is 5. The van der Waals surface area contributed by atoms with Crippen molar-refractivity contribution in [2.45, 2.75) is 31.2 Å². The second-order valence-electron chi connectivity index (χ2n) is 7.04. The molecule has 0 unspecified atom stereocenters. The van der Waals surface area contributed by atoms with Crippen molar-refractivity contribution in [3.63, 3.8) is 0 Å². The van der Waals surface area contributed by atoms with Crippen molar-refractivity contribution < 1.29 is 27.0 Å². The van der Waals surface area contributed by atoms with E-state index in [9.17, 15) is 17.6 Å². The van der Waals surface area contributed by atoms with Crippen LogP contribution in [0.1, 0.15) is 30.0 Å². The first-order chi connectivity index (χ1) is 14.4. The number of aliphatic imine (C=N–C) groups is 1. The number of hydrogen-bond acceptors (Lipinski definition) is 6. The lowest BCUT2D eigenvalue weighted by Crippen LogP contribution is -2.46. The van der Waals surface area contributed by atoms with Gasteiger partial charge in [0, 0.05) is 28.1 Å². The molecule has 164 valence electrons. The molecule has 0 aromatic heterocycles. The minimum absolute atomic E-state index is 0.0418. The lowest BCUT2D eigenvalue weighted by molar-refractivity contribution is -0.208. The number of benzene rings is 2. The largest absolute Gasteiger partial charge is 0.452 e. The highest BCUT2D eigenvalue weighted by molar-refractivity contribution is 6.30. The third-order valence-electron chi connectivity index (χ3n) is 4.69. The van der Waals surface area contributed by atoms with E-state index >= 15 is 0 Å². The molecular weight excluding hydrogens is 440 g/mol. The van der Waals surface area contributed by atoms with E-state index in [4.69, 9.17) is 32.9 Å². The fourth-order valence-corrected chi connectivity index (χ4v) is 3.24. The van der Waals surface area contributed by atoms with E-state index in [2.05, 4.69) is 9.73 Å². The number of hydrogen-bond donors (Lipinski definition) is 3. The Morgan fingerprint density at radius 2 is 1.74 bits per heavy atom. The van der Waals surface area contributed by atoms with Gasteiger partial charge in [0.2, 0.25) is 11.8 Å². The average molecular weight is 457 g/mol. The van der Waals surface area contributed by atoms with Crippen LogP contribution in [0.5, 0.6) is 0 Å². The summed E-state index contributed by atoms with van der Waals surface area (Å²) in [6.45, 7) is 1.30. The third kappa shape index (κ3) is 4.96. The van der Waals surface area contributed by atoms with Gasteiger partial charge in [-0.1, -0.05) is 11.6 Å². The van der Waals surface area contributed by atoms with E-state index in [-0.39, 0.29) is 17.0 Å². The average Bonchev–Trinajstić information content (AvgIpc) is 2.67. The van der Waals surface area contributed by atoms with Crippen molar-refractivity contribution in [1.29, 1.82) is 10.8 Å². The summed E-state index contributed by atoms with van der Waals surface area (Å²) in [7, 11) is 0. The topological polar surface area (TPSA) is 105 Å². The van der Waals surface area contributed by atoms with Crippen molar-refractivity contribution in [2.75, 3.05) is 0 Å². The molecule has 2 aromatic rings. The maximum atomic E-state index is 14.6. The molecule has 11 heteroatoms. The quantitative estimate of drug-likeness (QED) is 0.353. The Hall–Kier alpha value is -3.14. The molecule has 0 amide bonds. The van der Waals surface area contributed by atoms with E-state index in [1.807, 2.05) is 0 Å². The Kier molecular flexibility index (Phi) is 5.95. The van der Waals surface area contributed by atoms with Gasteiger partial charge in [0.1, 0.15) is 5.82 Å². The molecule has 2 aromatic carbocycles. The minimum atomic E-state index is -4.72. The fourth-order valence-electron chi connectivity index (χ4n) is 3.12. The molecule has 31 heavy (non-hydrogen) atoms. The first-order valence-corrected chi connectivity index (χ1v) is 9.27. The van der Waals surface area contributed by atoms with Crippen LogP contribution in [0.3, 0.4) is 0 Å². The molecule has 0 bridgehead atoms. The predicted octanol–water partition coefficient (Wildman–Crippen LogP) is 4.73. The van der Waals surface area contributed by atoms with E-state index in [1.165, 1.54) is 25.1 Å². The normalized spacial score (nSPS) is 21.1. The SMILES string of the molecule is C[C@@]1(c2cc(C(=N)OC(=N)c3ccc(Cl)cc3)ccc2F)C[C@@H](C(F)(F)F)OC(N)=N1. The van der Waals surface area contributed by atoms with Crippen LogP contribution in [-0.4, -0.2) is 30.1 Å². The van der Waals surface area contributed by atoms with Gasteiger partial charge in [-0.15, -0.1) is 0 Å². The number of nitrogens with two attached hydrogens (primary N) is 1. The van der Waals surface area contributed by atoms with Crippen LogP contribution in [0.25, 0.3) is 0 Å². The van der Waals surface area contributed by atoms with Crippen LogP contribution in [0.15, 0.2) is 47.5 Å². The summed E-state index contributed by atoms with van der Waals surface area (Å²) < 4.78 is 63.9. The number of amidine groups is 1. The van der Waals surface area contributed by atoms with Crippen LogP contribution in [0, 0.1) is 16.6 Å². The zero-order valence-corrected chi connectivity index (χ0v) is 16.8. The summed E-state index contributed by atoms with van der Waals surface area (Å²) in [5.41, 5.74) is 3.91. The Labute approximate surface area is 179 Å². The molecule has 1 aliphatic heterocycles. The van der Waals surface area contributed by atoms with Gasteiger partial charge >= 0.3 is 6.18 Å². The molecular formula is C20H17ClF4N4O2. The Balaban J connectivity index is 1.89. The molecule has 6 nitrogen and oxygen atoms in total. The van der Waals surface area contributed by atoms with Crippen molar-refractivity contribution in [2.24, 2.45) is 10.7 Å². The molecule has 0 spiro atoms. The third-order valence-corrected chi connectivity index (χ3v) is 4.94. The highest BCUT2D eigenvalue weighted by Crippen LogP contribution is 2.41. The van der Waals surface area contributed by atoms with E-state index < -0.39 is 42.0 Å². The fraction of sp³-hybridized carbons (Fsp3) is 0.250. The first-order valence-electron chi connectivity index (χ1n) is 8.89. The second kappa shape index (κ2) is 8.18. The molecule has 0 aliphatic carbocycles. The van der Waals surface area contributed by atoms with Gasteiger partial charge in [-0.05, 0) is 49.4 Å². The monoisotopic (exact) mass is 456 g/mol. The number of nitrogens with zero attached hydrogens (tertiary/aromatic N) is 1.